The first-order valence-corrected chi connectivity index (χ1v) is 11.9. The van der Waals surface area contributed by atoms with E-state index in [0.717, 1.165) is 24.8 Å². The second kappa shape index (κ2) is 11.8. The van der Waals surface area contributed by atoms with E-state index in [9.17, 15) is 18.1 Å². The highest BCUT2D eigenvalue weighted by Crippen LogP contribution is 2.34. The van der Waals surface area contributed by atoms with Crippen LogP contribution in [0, 0.1) is 0 Å². The molecule has 2 N–H and O–H groups in total. The number of unbranched alkanes of at least 4 members (excludes halogenated alkanes) is 8. The van der Waals surface area contributed by atoms with Gasteiger partial charge in [0.25, 0.3) is 10.1 Å². The predicted molar refractivity (Wildman–Crippen MR) is 115 cm³/mol. The van der Waals surface area contributed by atoms with Crippen molar-refractivity contribution >= 4 is 10.1 Å². The van der Waals surface area contributed by atoms with Crippen LogP contribution in [0.5, 0.6) is 17.2 Å². The van der Waals surface area contributed by atoms with Crippen molar-refractivity contribution in [3.05, 3.63) is 48.0 Å². The zero-order chi connectivity index (χ0) is 21.1. The molecule has 2 aromatic rings. The Morgan fingerprint density at radius 1 is 0.828 bits per heavy atom. The highest BCUT2D eigenvalue weighted by molar-refractivity contribution is 7.86. The van der Waals surface area contributed by atoms with Gasteiger partial charge in [0.05, 0.1) is 0 Å². The van der Waals surface area contributed by atoms with Gasteiger partial charge >= 0.3 is 0 Å². The molecule has 0 aromatic heterocycles. The summed E-state index contributed by atoms with van der Waals surface area (Å²) in [4.78, 5) is -0.283. The van der Waals surface area contributed by atoms with Crippen molar-refractivity contribution in [1.29, 1.82) is 0 Å². The third-order valence-electron chi connectivity index (χ3n) is 4.94. The number of phenolic OH excluding ortho intramolecular Hbond substituents is 1. The van der Waals surface area contributed by atoms with Gasteiger partial charge in [-0.15, -0.1) is 0 Å². The van der Waals surface area contributed by atoms with Crippen molar-refractivity contribution in [3.63, 3.8) is 0 Å². The topological polar surface area (TPSA) is 83.8 Å². The molecular formula is C23H32O5S. The number of phenols is 1. The lowest BCUT2D eigenvalue weighted by Gasteiger charge is -2.12. The Hall–Kier alpha value is -2.05. The van der Waals surface area contributed by atoms with Gasteiger partial charge in [0.15, 0.2) is 11.5 Å². The van der Waals surface area contributed by atoms with Gasteiger partial charge in [-0.25, -0.2) is 0 Å². The average Bonchev–Trinajstić information content (AvgIpc) is 2.68. The van der Waals surface area contributed by atoms with Gasteiger partial charge in [0.1, 0.15) is 10.6 Å². The number of hydrogen-bond donors (Lipinski definition) is 2. The summed E-state index contributed by atoms with van der Waals surface area (Å²) >= 11 is 0. The standard InChI is InChI=1S/C23H32O5S/c1-2-3-4-5-6-7-8-9-10-13-19-16-17-22(23(18-19)29(25,26)27)28-21-15-12-11-14-20(21)24/h11-12,14-18,24H,2-10,13H2,1H3,(H,25,26,27). The number of aromatic hydroxyl groups is 1. The molecule has 5 nitrogen and oxygen atoms in total. The minimum Gasteiger partial charge on any atom is -0.504 e. The maximum absolute atomic E-state index is 11.8. The lowest BCUT2D eigenvalue weighted by atomic mass is 10.0. The number of benzene rings is 2. The van der Waals surface area contributed by atoms with E-state index in [0.29, 0.717) is 0 Å². The maximum Gasteiger partial charge on any atom is 0.298 e. The molecule has 0 aliphatic carbocycles. The first kappa shape index (κ1) is 23.2. The molecule has 2 aromatic carbocycles. The van der Waals surface area contributed by atoms with Gasteiger partial charge in [0, 0.05) is 0 Å². The summed E-state index contributed by atoms with van der Waals surface area (Å²) in [7, 11) is -4.45. The number of ether oxygens (including phenoxy) is 1. The summed E-state index contributed by atoms with van der Waals surface area (Å²) in [6.07, 6.45) is 11.7. The number of para-hydroxylation sites is 2. The quantitative estimate of drug-likeness (QED) is 0.285. The van der Waals surface area contributed by atoms with E-state index in [1.807, 2.05) is 0 Å². The lowest BCUT2D eigenvalue weighted by Crippen LogP contribution is -2.02. The highest BCUT2D eigenvalue weighted by atomic mass is 32.2. The molecule has 0 unspecified atom stereocenters. The first-order valence-electron chi connectivity index (χ1n) is 10.5. The maximum atomic E-state index is 11.8. The van der Waals surface area contributed by atoms with E-state index in [2.05, 4.69) is 6.92 Å². The van der Waals surface area contributed by atoms with Crippen molar-refractivity contribution in [2.45, 2.75) is 76.0 Å². The Balaban J connectivity index is 1.91. The van der Waals surface area contributed by atoms with E-state index >= 15 is 0 Å². The van der Waals surface area contributed by atoms with Crippen LogP contribution in [0.2, 0.25) is 0 Å². The first-order chi connectivity index (χ1) is 13.9. The second-order valence-electron chi connectivity index (χ2n) is 7.40. The predicted octanol–water partition coefficient (Wildman–Crippen LogP) is 6.50. The smallest absolute Gasteiger partial charge is 0.298 e. The summed E-state index contributed by atoms with van der Waals surface area (Å²) in [6.45, 7) is 2.22. The van der Waals surface area contributed by atoms with Crippen LogP contribution in [-0.2, 0) is 16.5 Å². The largest absolute Gasteiger partial charge is 0.504 e. The molecule has 0 fully saturated rings. The van der Waals surface area contributed by atoms with Gasteiger partial charge in [-0.1, -0.05) is 76.5 Å². The van der Waals surface area contributed by atoms with Crippen LogP contribution < -0.4 is 4.74 Å². The Labute approximate surface area is 174 Å². The highest BCUT2D eigenvalue weighted by Gasteiger charge is 2.19. The van der Waals surface area contributed by atoms with Crippen LogP contribution in [0.3, 0.4) is 0 Å². The van der Waals surface area contributed by atoms with Crippen molar-refractivity contribution in [2.24, 2.45) is 0 Å². The molecule has 2 rings (SSSR count). The Morgan fingerprint density at radius 2 is 1.45 bits per heavy atom. The fourth-order valence-corrected chi connectivity index (χ4v) is 3.96. The molecule has 0 saturated heterocycles. The molecule has 6 heteroatoms. The zero-order valence-electron chi connectivity index (χ0n) is 17.1. The van der Waals surface area contributed by atoms with Gasteiger partial charge in [-0.05, 0) is 42.7 Å². The molecule has 160 valence electrons. The molecule has 0 heterocycles. The summed E-state index contributed by atoms with van der Waals surface area (Å²) in [5, 5.41) is 9.83. The SMILES string of the molecule is CCCCCCCCCCCc1ccc(Oc2ccccc2O)c(S(=O)(=O)O)c1. The van der Waals surface area contributed by atoms with E-state index in [4.69, 9.17) is 4.74 Å². The zero-order valence-corrected chi connectivity index (χ0v) is 18.0. The molecule has 0 aliphatic heterocycles. The third-order valence-corrected chi connectivity index (χ3v) is 5.82. The van der Waals surface area contributed by atoms with Crippen molar-refractivity contribution in [2.75, 3.05) is 0 Å². The van der Waals surface area contributed by atoms with Crippen molar-refractivity contribution < 1.29 is 22.8 Å². The summed E-state index contributed by atoms with van der Waals surface area (Å²) in [5.41, 5.74) is 0.838. The third kappa shape index (κ3) is 8.07. The molecule has 0 saturated carbocycles. The van der Waals surface area contributed by atoms with Crippen LogP contribution in [-0.4, -0.2) is 18.1 Å². The van der Waals surface area contributed by atoms with Crippen LogP contribution in [0.15, 0.2) is 47.4 Å². The van der Waals surface area contributed by atoms with Gasteiger partial charge < -0.3 is 9.84 Å². The van der Waals surface area contributed by atoms with E-state index in [-0.39, 0.29) is 22.1 Å². The van der Waals surface area contributed by atoms with Crippen LogP contribution in [0.1, 0.15) is 70.3 Å². The second-order valence-corrected chi connectivity index (χ2v) is 8.79. The number of aryl methyl sites for hydroxylation is 1. The molecule has 0 bridgehead atoms. The fraction of sp³-hybridized carbons (Fsp3) is 0.478. The molecule has 0 spiro atoms. The molecular weight excluding hydrogens is 388 g/mol. The van der Waals surface area contributed by atoms with Crippen molar-refractivity contribution in [3.8, 4) is 17.2 Å². The van der Waals surface area contributed by atoms with E-state index in [1.165, 1.54) is 69.2 Å². The minimum atomic E-state index is -4.45. The van der Waals surface area contributed by atoms with Gasteiger partial charge in [-0.3, -0.25) is 4.55 Å². The fourth-order valence-electron chi connectivity index (χ4n) is 3.30. The van der Waals surface area contributed by atoms with Gasteiger partial charge in [-0.2, -0.15) is 8.42 Å². The Bertz CT molecular complexity index is 861. The Morgan fingerprint density at radius 3 is 2.07 bits per heavy atom. The lowest BCUT2D eigenvalue weighted by molar-refractivity contribution is 0.402. The average molecular weight is 421 g/mol. The molecule has 0 radical (unpaired) electrons. The van der Waals surface area contributed by atoms with E-state index in [1.54, 1.807) is 18.2 Å². The van der Waals surface area contributed by atoms with Gasteiger partial charge in [0.2, 0.25) is 0 Å². The summed E-state index contributed by atoms with van der Waals surface area (Å²) in [5.74, 6) is 0.0153. The summed E-state index contributed by atoms with van der Waals surface area (Å²) in [6, 6.07) is 11.1. The molecule has 0 amide bonds. The van der Waals surface area contributed by atoms with Crippen LogP contribution in [0.4, 0.5) is 0 Å². The van der Waals surface area contributed by atoms with E-state index < -0.39 is 10.1 Å². The minimum absolute atomic E-state index is 0.00942. The Kier molecular flexibility index (Phi) is 9.48. The van der Waals surface area contributed by atoms with Crippen LogP contribution in [0.25, 0.3) is 0 Å². The number of rotatable bonds is 13. The molecule has 0 aliphatic rings. The van der Waals surface area contributed by atoms with Crippen LogP contribution >= 0.6 is 0 Å². The van der Waals surface area contributed by atoms with Crippen molar-refractivity contribution in [1.82, 2.24) is 0 Å². The molecule has 0 atom stereocenters. The molecule has 29 heavy (non-hydrogen) atoms. The normalized spacial score (nSPS) is 11.5. The number of hydrogen-bond acceptors (Lipinski definition) is 4. The monoisotopic (exact) mass is 420 g/mol. The summed E-state index contributed by atoms with van der Waals surface area (Å²) < 4.78 is 38.8.